The van der Waals surface area contributed by atoms with Crippen LogP contribution in [0.5, 0.6) is 0 Å². The van der Waals surface area contributed by atoms with Gasteiger partial charge in [-0.1, -0.05) is 24.3 Å². The van der Waals surface area contributed by atoms with Gasteiger partial charge in [0.2, 0.25) is 11.6 Å². The number of furan rings is 1. The second-order valence-electron chi connectivity index (χ2n) is 5.01. The minimum Gasteiger partial charge on any atom is -0.459 e. The van der Waals surface area contributed by atoms with Crippen LogP contribution < -0.4 is 0 Å². The van der Waals surface area contributed by atoms with Crippen molar-refractivity contribution in [3.05, 3.63) is 59.3 Å². The van der Waals surface area contributed by atoms with Gasteiger partial charge in [-0.25, -0.2) is 9.97 Å². The number of ketones is 1. The molecule has 0 atom stereocenters. The molecule has 120 valence electrons. The summed E-state index contributed by atoms with van der Waals surface area (Å²) in [5.41, 5.74) is -0.219. The molecule has 0 aliphatic carbocycles. The van der Waals surface area contributed by atoms with Crippen molar-refractivity contribution in [1.29, 1.82) is 0 Å². The van der Waals surface area contributed by atoms with Crippen LogP contribution in [0.4, 0.5) is 13.2 Å². The van der Waals surface area contributed by atoms with E-state index in [-0.39, 0.29) is 17.0 Å². The first-order valence-corrected chi connectivity index (χ1v) is 7.66. The first kappa shape index (κ1) is 14.8. The molecule has 0 unspecified atom stereocenters. The highest BCUT2D eigenvalue weighted by atomic mass is 32.1. The lowest BCUT2D eigenvalue weighted by Crippen LogP contribution is -2.15. The number of hydrogen-bond donors (Lipinski definition) is 0. The molecule has 0 amide bonds. The van der Waals surface area contributed by atoms with Gasteiger partial charge in [-0.2, -0.15) is 13.2 Å². The summed E-state index contributed by atoms with van der Waals surface area (Å²) in [4.78, 5) is 19.7. The van der Waals surface area contributed by atoms with Crippen LogP contribution in [0.2, 0.25) is 0 Å². The number of nitrogens with zero attached hydrogens (tertiary/aromatic N) is 2. The smallest absolute Gasteiger partial charge is 0.451 e. The van der Waals surface area contributed by atoms with E-state index in [9.17, 15) is 18.0 Å². The molecule has 0 fully saturated rings. The number of thiophene rings is 1. The van der Waals surface area contributed by atoms with Gasteiger partial charge in [0.25, 0.3) is 0 Å². The van der Waals surface area contributed by atoms with Crippen LogP contribution in [0.1, 0.15) is 22.1 Å². The van der Waals surface area contributed by atoms with E-state index in [1.807, 2.05) is 0 Å². The zero-order chi connectivity index (χ0) is 16.9. The average molecular weight is 348 g/mol. The molecule has 4 aromatic rings. The van der Waals surface area contributed by atoms with Gasteiger partial charge in [-0.15, -0.1) is 11.3 Å². The van der Waals surface area contributed by atoms with Gasteiger partial charge in [0.05, 0.1) is 16.5 Å². The van der Waals surface area contributed by atoms with Crippen LogP contribution in [0.25, 0.3) is 21.0 Å². The van der Waals surface area contributed by atoms with Crippen molar-refractivity contribution in [3.63, 3.8) is 0 Å². The Morgan fingerprint density at radius 2 is 1.92 bits per heavy atom. The molecule has 0 saturated carbocycles. The third-order valence-corrected chi connectivity index (χ3v) is 4.40. The Bertz CT molecular complexity index is 1080. The number of hydrogen-bond acceptors (Lipinski definition) is 5. The molecule has 0 radical (unpaired) electrons. The predicted molar refractivity (Wildman–Crippen MR) is 82.1 cm³/mol. The summed E-state index contributed by atoms with van der Waals surface area (Å²) in [5, 5.41) is 2.78. The van der Waals surface area contributed by atoms with E-state index in [0.29, 0.717) is 15.5 Å². The van der Waals surface area contributed by atoms with Gasteiger partial charge in [-0.3, -0.25) is 4.79 Å². The molecule has 4 rings (SSSR count). The maximum atomic E-state index is 13.0. The Morgan fingerprint density at radius 1 is 1.12 bits per heavy atom. The second kappa shape index (κ2) is 5.13. The van der Waals surface area contributed by atoms with E-state index < -0.39 is 17.8 Å². The van der Waals surface area contributed by atoms with Gasteiger partial charge < -0.3 is 4.42 Å². The van der Waals surface area contributed by atoms with Crippen LogP contribution >= 0.6 is 11.3 Å². The first-order valence-electron chi connectivity index (χ1n) is 6.78. The lowest BCUT2D eigenvalue weighted by Gasteiger charge is -2.07. The normalized spacial score (nSPS) is 12.1. The van der Waals surface area contributed by atoms with Crippen molar-refractivity contribution in [1.82, 2.24) is 9.97 Å². The second-order valence-corrected chi connectivity index (χ2v) is 5.93. The molecule has 0 saturated heterocycles. The Kier molecular flexibility index (Phi) is 3.17. The molecular weight excluding hydrogens is 341 g/mol. The summed E-state index contributed by atoms with van der Waals surface area (Å²) in [6, 6.07) is 8.33. The lowest BCUT2D eigenvalue weighted by atomic mass is 10.1. The molecule has 8 heteroatoms. The van der Waals surface area contributed by atoms with Crippen LogP contribution in [-0.2, 0) is 6.18 Å². The summed E-state index contributed by atoms with van der Waals surface area (Å²) in [6.07, 6.45) is -3.35. The predicted octanol–water partition coefficient (Wildman–Crippen LogP) is 4.69. The largest absolute Gasteiger partial charge is 0.459 e. The quantitative estimate of drug-likeness (QED) is 0.493. The van der Waals surface area contributed by atoms with Gasteiger partial charge in [0, 0.05) is 10.8 Å². The number of benzene rings is 1. The van der Waals surface area contributed by atoms with Crippen LogP contribution in [0, 0.1) is 0 Å². The van der Waals surface area contributed by atoms with Crippen molar-refractivity contribution in [2.45, 2.75) is 6.18 Å². The zero-order valence-electron chi connectivity index (χ0n) is 11.8. The zero-order valence-corrected chi connectivity index (χ0v) is 12.6. The molecule has 4 nitrogen and oxygen atoms in total. The lowest BCUT2D eigenvalue weighted by molar-refractivity contribution is -0.144. The summed E-state index contributed by atoms with van der Waals surface area (Å²) in [6.45, 7) is 0. The molecule has 0 N–H and O–H groups in total. The molecule has 1 aromatic carbocycles. The van der Waals surface area contributed by atoms with Crippen molar-refractivity contribution < 1.29 is 22.4 Å². The Morgan fingerprint density at radius 3 is 2.71 bits per heavy atom. The number of carbonyl (C=O) groups is 1. The van der Waals surface area contributed by atoms with E-state index in [2.05, 4.69) is 9.97 Å². The molecule has 0 bridgehead atoms. The average Bonchev–Trinajstić information content (AvgIpc) is 3.19. The van der Waals surface area contributed by atoms with Gasteiger partial charge in [0.1, 0.15) is 5.69 Å². The fraction of sp³-hybridized carbons (Fsp3) is 0.0625. The number of halogens is 3. The van der Waals surface area contributed by atoms with E-state index in [4.69, 9.17) is 4.42 Å². The number of alkyl halides is 3. The molecule has 3 aromatic heterocycles. The van der Waals surface area contributed by atoms with Gasteiger partial charge >= 0.3 is 6.18 Å². The summed E-state index contributed by atoms with van der Waals surface area (Å²) >= 11 is 1.11. The molecule has 3 heterocycles. The standard InChI is InChI=1S/C16H7F3N2O2S/c17-16(18,19)15-20-10-5-6-24-14(10)11(21-15)12(22)13-9-4-2-1-3-8(9)7-23-13/h1-7H. The van der Waals surface area contributed by atoms with Crippen LogP contribution in [-0.4, -0.2) is 15.8 Å². The van der Waals surface area contributed by atoms with E-state index >= 15 is 0 Å². The fourth-order valence-electron chi connectivity index (χ4n) is 2.42. The summed E-state index contributed by atoms with van der Waals surface area (Å²) in [7, 11) is 0. The third-order valence-electron chi connectivity index (χ3n) is 3.49. The molecule has 0 spiro atoms. The van der Waals surface area contributed by atoms with Crippen LogP contribution in [0.15, 0.2) is 46.4 Å². The van der Waals surface area contributed by atoms with Gasteiger partial charge in [0.15, 0.2) is 5.76 Å². The summed E-state index contributed by atoms with van der Waals surface area (Å²) < 4.78 is 44.6. The minimum absolute atomic E-state index is 0.0351. The highest BCUT2D eigenvalue weighted by Crippen LogP contribution is 2.32. The molecule has 24 heavy (non-hydrogen) atoms. The Labute approximate surface area is 136 Å². The highest BCUT2D eigenvalue weighted by molar-refractivity contribution is 7.17. The fourth-order valence-corrected chi connectivity index (χ4v) is 3.24. The Hall–Kier alpha value is -2.74. The highest BCUT2D eigenvalue weighted by Gasteiger charge is 2.37. The topological polar surface area (TPSA) is 56.0 Å². The van der Waals surface area contributed by atoms with E-state index in [1.54, 1.807) is 29.6 Å². The molecule has 0 aliphatic heterocycles. The number of rotatable bonds is 2. The third kappa shape index (κ3) is 2.26. The monoisotopic (exact) mass is 348 g/mol. The van der Waals surface area contributed by atoms with Crippen molar-refractivity contribution in [2.24, 2.45) is 0 Å². The van der Waals surface area contributed by atoms with E-state index in [1.165, 1.54) is 12.3 Å². The number of fused-ring (bicyclic) bond motifs is 2. The first-order chi connectivity index (χ1) is 11.4. The SMILES string of the molecule is O=C(c1occ2ccccc12)c1nc(C(F)(F)F)nc2ccsc12. The van der Waals surface area contributed by atoms with Crippen molar-refractivity contribution >= 4 is 38.1 Å². The number of carbonyl (C=O) groups excluding carboxylic acids is 1. The van der Waals surface area contributed by atoms with Gasteiger partial charge in [-0.05, 0) is 11.4 Å². The maximum Gasteiger partial charge on any atom is 0.451 e. The number of aromatic nitrogens is 2. The van der Waals surface area contributed by atoms with Crippen LogP contribution in [0.3, 0.4) is 0 Å². The maximum absolute atomic E-state index is 13.0. The Balaban J connectivity index is 1.95. The van der Waals surface area contributed by atoms with E-state index in [0.717, 1.165) is 11.3 Å². The van der Waals surface area contributed by atoms with Crippen molar-refractivity contribution in [3.8, 4) is 0 Å². The molecular formula is C16H7F3N2O2S. The molecule has 0 aliphatic rings. The van der Waals surface area contributed by atoms with Crippen molar-refractivity contribution in [2.75, 3.05) is 0 Å². The summed E-state index contributed by atoms with van der Waals surface area (Å²) in [5.74, 6) is -2.07. The minimum atomic E-state index is -4.74.